The molecule has 0 bridgehead atoms. The SMILES string of the molecule is c1ccc(-c2c3ccccc3c(-c3cccc4oc5cccc(-c6c7ccccc7c(-c7ccc8sc9ccccc9c8c7)c7ccccc67)c5c34)c3ccccc23)cc1. The van der Waals surface area contributed by atoms with Gasteiger partial charge in [0.25, 0.3) is 0 Å². The molecule has 0 saturated heterocycles. The molecule has 278 valence electrons. The van der Waals surface area contributed by atoms with E-state index in [1.807, 2.05) is 11.3 Å². The molecule has 0 radical (unpaired) electrons. The summed E-state index contributed by atoms with van der Waals surface area (Å²) in [5.41, 5.74) is 11.6. The summed E-state index contributed by atoms with van der Waals surface area (Å²) in [6.45, 7) is 0. The maximum absolute atomic E-state index is 6.88. The Morgan fingerprint density at radius 3 is 1.17 bits per heavy atom. The molecule has 13 rings (SSSR count). The van der Waals surface area contributed by atoms with Gasteiger partial charge in [0.1, 0.15) is 11.2 Å². The van der Waals surface area contributed by atoms with Gasteiger partial charge in [0.05, 0.1) is 0 Å². The van der Waals surface area contributed by atoms with E-state index < -0.39 is 0 Å². The van der Waals surface area contributed by atoms with Gasteiger partial charge in [-0.15, -0.1) is 11.3 Å². The minimum Gasteiger partial charge on any atom is -0.456 e. The van der Waals surface area contributed by atoms with Crippen LogP contribution in [0.5, 0.6) is 0 Å². The molecule has 0 amide bonds. The fourth-order valence-electron chi connectivity index (χ4n) is 10.2. The van der Waals surface area contributed by atoms with Crippen LogP contribution in [0, 0.1) is 0 Å². The van der Waals surface area contributed by atoms with E-state index in [9.17, 15) is 0 Å². The Morgan fingerprint density at radius 2 is 0.667 bits per heavy atom. The Morgan fingerprint density at radius 1 is 0.267 bits per heavy atom. The second kappa shape index (κ2) is 13.0. The number of thiophene rings is 1. The lowest BCUT2D eigenvalue weighted by Crippen LogP contribution is -1.92. The minimum atomic E-state index is 0.886. The maximum atomic E-state index is 6.88. The Bertz CT molecular complexity index is 3770. The number of hydrogen-bond acceptors (Lipinski definition) is 2. The molecule has 1 nitrogen and oxygen atoms in total. The largest absolute Gasteiger partial charge is 0.456 e. The van der Waals surface area contributed by atoms with Gasteiger partial charge in [-0.3, -0.25) is 0 Å². The molecular formula is C58H34OS. The smallest absolute Gasteiger partial charge is 0.136 e. The van der Waals surface area contributed by atoms with Crippen molar-refractivity contribution in [2.75, 3.05) is 0 Å². The summed E-state index contributed by atoms with van der Waals surface area (Å²) in [7, 11) is 0. The van der Waals surface area contributed by atoms with Crippen LogP contribution >= 0.6 is 11.3 Å². The van der Waals surface area contributed by atoms with Crippen LogP contribution in [-0.4, -0.2) is 0 Å². The molecule has 0 N–H and O–H groups in total. The highest BCUT2D eigenvalue weighted by Gasteiger charge is 2.24. The molecule has 60 heavy (non-hydrogen) atoms. The molecule has 2 heteroatoms. The molecule has 0 spiro atoms. The quantitative estimate of drug-likeness (QED) is 0.162. The molecule has 13 aromatic rings. The summed E-state index contributed by atoms with van der Waals surface area (Å²) < 4.78 is 9.52. The third-order valence-corrected chi connectivity index (χ3v) is 13.8. The van der Waals surface area contributed by atoms with Crippen molar-refractivity contribution < 1.29 is 4.42 Å². The van der Waals surface area contributed by atoms with Crippen LogP contribution in [0.3, 0.4) is 0 Å². The van der Waals surface area contributed by atoms with E-state index in [1.165, 1.54) is 108 Å². The second-order valence-electron chi connectivity index (χ2n) is 15.8. The van der Waals surface area contributed by atoms with Crippen molar-refractivity contribution in [3.05, 3.63) is 206 Å². The van der Waals surface area contributed by atoms with Crippen LogP contribution in [0.15, 0.2) is 211 Å². The van der Waals surface area contributed by atoms with Crippen molar-refractivity contribution in [2.24, 2.45) is 0 Å². The molecule has 0 atom stereocenters. The van der Waals surface area contributed by atoms with E-state index in [1.54, 1.807) is 0 Å². The third-order valence-electron chi connectivity index (χ3n) is 12.7. The Balaban J connectivity index is 1.13. The van der Waals surface area contributed by atoms with Gasteiger partial charge in [-0.1, -0.05) is 176 Å². The van der Waals surface area contributed by atoms with Gasteiger partial charge in [-0.2, -0.15) is 0 Å². The van der Waals surface area contributed by atoms with E-state index in [-0.39, 0.29) is 0 Å². The highest BCUT2D eigenvalue weighted by Crippen LogP contribution is 2.51. The molecule has 0 aliphatic carbocycles. The van der Waals surface area contributed by atoms with Gasteiger partial charge >= 0.3 is 0 Å². The van der Waals surface area contributed by atoms with Crippen LogP contribution < -0.4 is 0 Å². The molecule has 0 aliphatic rings. The maximum Gasteiger partial charge on any atom is 0.136 e. The van der Waals surface area contributed by atoms with E-state index in [2.05, 4.69) is 206 Å². The van der Waals surface area contributed by atoms with Gasteiger partial charge in [0.2, 0.25) is 0 Å². The zero-order valence-electron chi connectivity index (χ0n) is 32.4. The normalized spacial score (nSPS) is 12.0. The fraction of sp³-hybridized carbons (Fsp3) is 0. The number of hydrogen-bond donors (Lipinski definition) is 0. The van der Waals surface area contributed by atoms with Gasteiger partial charge in [0.15, 0.2) is 0 Å². The van der Waals surface area contributed by atoms with Crippen LogP contribution in [0.25, 0.3) is 130 Å². The zero-order valence-corrected chi connectivity index (χ0v) is 33.3. The molecular weight excluding hydrogens is 745 g/mol. The van der Waals surface area contributed by atoms with E-state index >= 15 is 0 Å². The van der Waals surface area contributed by atoms with Crippen LogP contribution in [0.2, 0.25) is 0 Å². The topological polar surface area (TPSA) is 13.1 Å². The summed E-state index contributed by atoms with van der Waals surface area (Å²) >= 11 is 1.87. The van der Waals surface area contributed by atoms with E-state index in [0.717, 1.165) is 21.9 Å². The van der Waals surface area contributed by atoms with Gasteiger partial charge < -0.3 is 4.42 Å². The molecule has 2 heterocycles. The Hall–Kier alpha value is -7.52. The van der Waals surface area contributed by atoms with Crippen LogP contribution in [0.1, 0.15) is 0 Å². The minimum absolute atomic E-state index is 0.886. The molecule has 0 aliphatic heterocycles. The lowest BCUT2D eigenvalue weighted by molar-refractivity contribution is 0.669. The van der Waals surface area contributed by atoms with Gasteiger partial charge in [-0.25, -0.2) is 0 Å². The van der Waals surface area contributed by atoms with Crippen molar-refractivity contribution >= 4 is 96.5 Å². The number of fused-ring (bicyclic) bond motifs is 10. The lowest BCUT2D eigenvalue weighted by atomic mass is 9.83. The summed E-state index contributed by atoms with van der Waals surface area (Å²) in [6, 6.07) is 75.6. The zero-order chi connectivity index (χ0) is 39.3. The molecule has 0 unspecified atom stereocenters. The van der Waals surface area contributed by atoms with Crippen LogP contribution in [0.4, 0.5) is 0 Å². The highest BCUT2D eigenvalue weighted by molar-refractivity contribution is 7.25. The van der Waals surface area contributed by atoms with E-state index in [4.69, 9.17) is 4.42 Å². The van der Waals surface area contributed by atoms with E-state index in [0.29, 0.717) is 0 Å². The lowest BCUT2D eigenvalue weighted by Gasteiger charge is -2.19. The van der Waals surface area contributed by atoms with Gasteiger partial charge in [0, 0.05) is 30.9 Å². The average Bonchev–Trinajstić information content (AvgIpc) is 3.89. The summed E-state index contributed by atoms with van der Waals surface area (Å²) in [4.78, 5) is 0. The molecule has 11 aromatic carbocycles. The summed E-state index contributed by atoms with van der Waals surface area (Å²) in [6.07, 6.45) is 0. The first-order valence-corrected chi connectivity index (χ1v) is 21.4. The number of furan rings is 1. The summed E-state index contributed by atoms with van der Waals surface area (Å²) in [5.74, 6) is 0. The monoisotopic (exact) mass is 778 g/mol. The van der Waals surface area contributed by atoms with Crippen LogP contribution in [-0.2, 0) is 0 Å². The fourth-order valence-corrected chi connectivity index (χ4v) is 11.3. The highest BCUT2D eigenvalue weighted by atomic mass is 32.1. The van der Waals surface area contributed by atoms with Crippen molar-refractivity contribution in [1.29, 1.82) is 0 Å². The van der Waals surface area contributed by atoms with Crippen molar-refractivity contribution in [3.63, 3.8) is 0 Å². The van der Waals surface area contributed by atoms with Crippen molar-refractivity contribution in [3.8, 4) is 44.5 Å². The summed E-state index contributed by atoms with van der Waals surface area (Å²) in [5, 5.41) is 14.8. The predicted octanol–water partition coefficient (Wildman–Crippen LogP) is 17.2. The predicted molar refractivity (Wildman–Crippen MR) is 258 cm³/mol. The standard InChI is InChI=1S/C58H34OS/c1-2-16-35(17-3-1)53-38-19-4-8-23-42(38)55(43-24-9-5-20-39(43)53)46-27-14-29-49-57(46)58-47(28-15-30-50(58)59-49)56-44-25-10-6-21-40(44)54(41-22-7-11-26-45(41)56)36-32-33-52-48(34-36)37-18-12-13-31-51(37)60-52/h1-34H. The Kier molecular flexibility index (Phi) is 7.24. The van der Waals surface area contributed by atoms with Crippen molar-refractivity contribution in [2.45, 2.75) is 0 Å². The first kappa shape index (κ1) is 33.5. The first-order valence-electron chi connectivity index (χ1n) is 20.6. The Labute approximate surface area is 350 Å². The average molecular weight is 779 g/mol. The number of rotatable bonds is 4. The molecule has 0 fully saturated rings. The second-order valence-corrected chi connectivity index (χ2v) is 16.9. The van der Waals surface area contributed by atoms with Crippen molar-refractivity contribution in [1.82, 2.24) is 0 Å². The number of benzene rings is 11. The third kappa shape index (κ3) is 4.80. The first-order chi connectivity index (χ1) is 29.8. The van der Waals surface area contributed by atoms with Gasteiger partial charge in [-0.05, 0) is 118 Å². The molecule has 0 saturated carbocycles. The molecule has 2 aromatic heterocycles.